The van der Waals surface area contributed by atoms with Gasteiger partial charge in [-0.05, 0) is 49.8 Å². The SMILES string of the molecule is CCOc1ccc(C(=O)Nc2nc3n(n2)C(c2ccccc2)C=C(C)N3)cc1. The van der Waals surface area contributed by atoms with E-state index in [4.69, 9.17) is 4.74 Å². The molecule has 2 aromatic carbocycles. The second-order valence-electron chi connectivity index (χ2n) is 6.45. The van der Waals surface area contributed by atoms with E-state index < -0.39 is 0 Å². The first-order chi connectivity index (χ1) is 13.6. The Morgan fingerprint density at radius 3 is 2.64 bits per heavy atom. The van der Waals surface area contributed by atoms with E-state index in [1.54, 1.807) is 28.9 Å². The molecule has 28 heavy (non-hydrogen) atoms. The Labute approximate surface area is 163 Å². The predicted octanol–water partition coefficient (Wildman–Crippen LogP) is 3.85. The molecular weight excluding hydrogens is 354 g/mol. The van der Waals surface area contributed by atoms with Crippen molar-refractivity contribution in [2.45, 2.75) is 19.9 Å². The van der Waals surface area contributed by atoms with E-state index in [1.807, 2.05) is 44.2 Å². The second kappa shape index (κ2) is 7.56. The van der Waals surface area contributed by atoms with E-state index in [-0.39, 0.29) is 17.9 Å². The lowest BCUT2D eigenvalue weighted by Crippen LogP contribution is -2.19. The van der Waals surface area contributed by atoms with Gasteiger partial charge in [-0.25, -0.2) is 4.68 Å². The predicted molar refractivity (Wildman–Crippen MR) is 108 cm³/mol. The third-order valence-electron chi connectivity index (χ3n) is 4.41. The highest BCUT2D eigenvalue weighted by atomic mass is 16.5. The minimum absolute atomic E-state index is 0.0823. The zero-order valence-electron chi connectivity index (χ0n) is 15.7. The number of ether oxygens (including phenoxy) is 1. The van der Waals surface area contributed by atoms with Crippen LogP contribution < -0.4 is 15.4 Å². The number of allylic oxidation sites excluding steroid dienone is 2. The molecule has 1 atom stereocenters. The Balaban J connectivity index is 1.55. The summed E-state index contributed by atoms with van der Waals surface area (Å²) in [6.45, 7) is 4.48. The van der Waals surface area contributed by atoms with Gasteiger partial charge in [0, 0.05) is 11.3 Å². The highest BCUT2D eigenvalue weighted by Gasteiger charge is 2.24. The largest absolute Gasteiger partial charge is 0.494 e. The maximum atomic E-state index is 12.5. The summed E-state index contributed by atoms with van der Waals surface area (Å²) in [4.78, 5) is 17.0. The first kappa shape index (κ1) is 17.8. The molecular formula is C21H21N5O2. The van der Waals surface area contributed by atoms with Gasteiger partial charge in [0.15, 0.2) is 0 Å². The highest BCUT2D eigenvalue weighted by molar-refractivity contribution is 6.03. The number of hydrogen-bond donors (Lipinski definition) is 2. The summed E-state index contributed by atoms with van der Waals surface area (Å²) in [7, 11) is 0. The van der Waals surface area contributed by atoms with Gasteiger partial charge in [0.2, 0.25) is 5.95 Å². The van der Waals surface area contributed by atoms with E-state index in [2.05, 4.69) is 26.8 Å². The van der Waals surface area contributed by atoms with Gasteiger partial charge < -0.3 is 10.1 Å². The van der Waals surface area contributed by atoms with Crippen molar-refractivity contribution in [3.8, 4) is 5.75 Å². The molecule has 1 unspecified atom stereocenters. The van der Waals surface area contributed by atoms with Crippen molar-refractivity contribution in [2.24, 2.45) is 0 Å². The van der Waals surface area contributed by atoms with Crippen LogP contribution >= 0.6 is 0 Å². The van der Waals surface area contributed by atoms with Crippen molar-refractivity contribution in [3.05, 3.63) is 77.5 Å². The lowest BCUT2D eigenvalue weighted by molar-refractivity contribution is 0.102. The average molecular weight is 375 g/mol. The fourth-order valence-corrected chi connectivity index (χ4v) is 3.11. The summed E-state index contributed by atoms with van der Waals surface area (Å²) in [5.74, 6) is 1.30. The summed E-state index contributed by atoms with van der Waals surface area (Å²) in [5.41, 5.74) is 2.59. The van der Waals surface area contributed by atoms with Crippen LogP contribution in [-0.2, 0) is 0 Å². The van der Waals surface area contributed by atoms with Crippen molar-refractivity contribution < 1.29 is 9.53 Å². The van der Waals surface area contributed by atoms with Crippen LogP contribution in [0.5, 0.6) is 5.75 Å². The quantitative estimate of drug-likeness (QED) is 0.708. The summed E-state index contributed by atoms with van der Waals surface area (Å²) < 4.78 is 7.18. The highest BCUT2D eigenvalue weighted by Crippen LogP contribution is 2.29. The van der Waals surface area contributed by atoms with Gasteiger partial charge in [-0.3, -0.25) is 10.1 Å². The van der Waals surface area contributed by atoms with Crippen LogP contribution in [0.1, 0.15) is 35.8 Å². The number of fused-ring (bicyclic) bond motifs is 1. The topological polar surface area (TPSA) is 81.1 Å². The summed E-state index contributed by atoms with van der Waals surface area (Å²) in [6, 6.07) is 16.9. The van der Waals surface area contributed by atoms with Crippen LogP contribution in [0, 0.1) is 0 Å². The normalized spacial score (nSPS) is 15.2. The fraction of sp³-hybridized carbons (Fsp3) is 0.190. The molecule has 2 N–H and O–H groups in total. The molecule has 0 bridgehead atoms. The standard InChI is InChI=1S/C21H21N5O2/c1-3-28-17-11-9-16(10-12-17)19(27)23-20-24-21-22-14(2)13-18(26(21)25-20)15-7-5-4-6-8-15/h4-13,18H,3H2,1-2H3,(H2,22,23,24,25,27). The number of aromatic nitrogens is 3. The van der Waals surface area contributed by atoms with Crippen molar-refractivity contribution >= 4 is 17.8 Å². The number of hydrogen-bond acceptors (Lipinski definition) is 5. The van der Waals surface area contributed by atoms with Gasteiger partial charge in [0.05, 0.1) is 6.61 Å². The molecule has 0 fully saturated rings. The maximum absolute atomic E-state index is 12.5. The Bertz CT molecular complexity index is 1010. The van der Waals surface area contributed by atoms with Gasteiger partial charge >= 0.3 is 0 Å². The van der Waals surface area contributed by atoms with Crippen LogP contribution in [0.25, 0.3) is 0 Å². The first-order valence-electron chi connectivity index (χ1n) is 9.15. The molecule has 3 aromatic rings. The van der Waals surface area contributed by atoms with E-state index in [9.17, 15) is 4.79 Å². The lowest BCUT2D eigenvalue weighted by Gasteiger charge is -2.22. The molecule has 2 heterocycles. The number of carbonyl (C=O) groups is 1. The third kappa shape index (κ3) is 3.59. The summed E-state index contributed by atoms with van der Waals surface area (Å²) in [6.07, 6.45) is 2.08. The van der Waals surface area contributed by atoms with Crippen LogP contribution in [0.15, 0.2) is 66.4 Å². The molecule has 1 amide bonds. The second-order valence-corrected chi connectivity index (χ2v) is 6.45. The van der Waals surface area contributed by atoms with Gasteiger partial charge in [0.1, 0.15) is 11.8 Å². The van der Waals surface area contributed by atoms with E-state index in [1.165, 1.54) is 0 Å². The number of rotatable bonds is 5. The molecule has 1 aromatic heterocycles. The molecule has 4 rings (SSSR count). The number of nitrogens with zero attached hydrogens (tertiary/aromatic N) is 3. The van der Waals surface area contributed by atoms with Crippen LogP contribution in [0.3, 0.4) is 0 Å². The molecule has 1 aliphatic rings. The summed E-state index contributed by atoms with van der Waals surface area (Å²) in [5, 5.41) is 10.5. The minimum Gasteiger partial charge on any atom is -0.494 e. The van der Waals surface area contributed by atoms with E-state index in [0.717, 1.165) is 17.0 Å². The number of amides is 1. The van der Waals surface area contributed by atoms with Crippen molar-refractivity contribution in [1.82, 2.24) is 14.8 Å². The first-order valence-corrected chi connectivity index (χ1v) is 9.15. The lowest BCUT2D eigenvalue weighted by atomic mass is 10.1. The van der Waals surface area contributed by atoms with Gasteiger partial charge in [-0.2, -0.15) is 4.98 Å². The molecule has 0 aliphatic carbocycles. The van der Waals surface area contributed by atoms with Crippen LogP contribution in [-0.4, -0.2) is 27.3 Å². The molecule has 7 heteroatoms. The molecule has 0 radical (unpaired) electrons. The molecule has 0 saturated carbocycles. The molecule has 7 nitrogen and oxygen atoms in total. The number of carbonyl (C=O) groups excluding carboxylic acids is 1. The monoisotopic (exact) mass is 375 g/mol. The molecule has 0 spiro atoms. The van der Waals surface area contributed by atoms with Crippen molar-refractivity contribution in [3.63, 3.8) is 0 Å². The van der Waals surface area contributed by atoms with Gasteiger partial charge in [-0.15, -0.1) is 5.10 Å². The number of nitrogens with one attached hydrogen (secondary N) is 2. The van der Waals surface area contributed by atoms with E-state index >= 15 is 0 Å². The minimum atomic E-state index is -0.271. The van der Waals surface area contributed by atoms with Crippen molar-refractivity contribution in [2.75, 3.05) is 17.2 Å². The Morgan fingerprint density at radius 2 is 1.93 bits per heavy atom. The Morgan fingerprint density at radius 1 is 1.18 bits per heavy atom. The third-order valence-corrected chi connectivity index (χ3v) is 4.41. The Kier molecular flexibility index (Phi) is 4.80. The van der Waals surface area contributed by atoms with Crippen LogP contribution in [0.2, 0.25) is 0 Å². The smallest absolute Gasteiger partial charge is 0.258 e. The Hall–Kier alpha value is -3.61. The average Bonchev–Trinajstić information content (AvgIpc) is 3.10. The summed E-state index contributed by atoms with van der Waals surface area (Å²) >= 11 is 0. The number of anilines is 2. The maximum Gasteiger partial charge on any atom is 0.258 e. The van der Waals surface area contributed by atoms with Gasteiger partial charge in [0.25, 0.3) is 11.9 Å². The van der Waals surface area contributed by atoms with Crippen molar-refractivity contribution in [1.29, 1.82) is 0 Å². The van der Waals surface area contributed by atoms with Crippen LogP contribution in [0.4, 0.5) is 11.9 Å². The van der Waals surface area contributed by atoms with E-state index in [0.29, 0.717) is 18.1 Å². The van der Waals surface area contributed by atoms with Gasteiger partial charge in [-0.1, -0.05) is 30.3 Å². The fourth-order valence-electron chi connectivity index (χ4n) is 3.11. The molecule has 142 valence electrons. The molecule has 0 saturated heterocycles. The zero-order valence-corrected chi connectivity index (χ0v) is 15.7. The molecule has 1 aliphatic heterocycles. The number of benzene rings is 2. The zero-order chi connectivity index (χ0) is 19.5.